The van der Waals surface area contributed by atoms with Crippen LogP contribution in [-0.4, -0.2) is 28.7 Å². The number of carboxylic acid groups (broad SMARTS) is 1. The van der Waals surface area contributed by atoms with E-state index in [9.17, 15) is 19.1 Å². The summed E-state index contributed by atoms with van der Waals surface area (Å²) in [6.07, 6.45) is 9.92. The Balaban J connectivity index is 1.90. The maximum Gasteiger partial charge on any atom is 0.326 e. The number of nitrogens with one attached hydrogen (secondary N) is 2. The molecule has 158 valence electrons. The number of amides is 1. The molecular formula is C23H31FN2O3. The molecule has 3 N–H and O–H groups in total. The highest BCUT2D eigenvalue weighted by atomic mass is 19.1. The van der Waals surface area contributed by atoms with Gasteiger partial charge in [-0.25, -0.2) is 9.18 Å². The van der Waals surface area contributed by atoms with E-state index in [1.807, 2.05) is 0 Å². The predicted octanol–water partition coefficient (Wildman–Crippen LogP) is 4.89. The number of rotatable bonds is 12. The molecule has 0 fully saturated rings. The van der Waals surface area contributed by atoms with E-state index in [1.54, 1.807) is 12.1 Å². The predicted molar refractivity (Wildman–Crippen MR) is 113 cm³/mol. The molecule has 0 unspecified atom stereocenters. The SMILES string of the molecule is CCCCCCCCCC(=O)N[C@@H](CC1=CC(=N)Cc2ccc(F)cc21)C(=O)O. The van der Waals surface area contributed by atoms with Crippen molar-refractivity contribution in [2.24, 2.45) is 0 Å². The molecule has 0 spiro atoms. The number of hydrogen-bond acceptors (Lipinski definition) is 3. The highest BCUT2D eigenvalue weighted by Crippen LogP contribution is 2.29. The first-order valence-electron chi connectivity index (χ1n) is 10.5. The Morgan fingerprint density at radius 3 is 2.55 bits per heavy atom. The average molecular weight is 403 g/mol. The molecule has 1 aromatic carbocycles. The molecule has 0 saturated heterocycles. The van der Waals surface area contributed by atoms with Crippen molar-refractivity contribution in [3.63, 3.8) is 0 Å². The molecule has 0 aromatic heterocycles. The second-order valence-electron chi connectivity index (χ2n) is 7.71. The van der Waals surface area contributed by atoms with Crippen molar-refractivity contribution in [1.29, 1.82) is 5.41 Å². The van der Waals surface area contributed by atoms with Crippen LogP contribution in [0.25, 0.3) is 5.57 Å². The lowest BCUT2D eigenvalue weighted by molar-refractivity contribution is -0.141. The fraction of sp³-hybridized carbons (Fsp3) is 0.522. The fourth-order valence-electron chi connectivity index (χ4n) is 3.64. The summed E-state index contributed by atoms with van der Waals surface area (Å²) < 4.78 is 13.7. The van der Waals surface area contributed by atoms with Crippen LogP contribution < -0.4 is 5.32 Å². The van der Waals surface area contributed by atoms with Gasteiger partial charge in [-0.05, 0) is 41.3 Å². The van der Waals surface area contributed by atoms with Crippen molar-refractivity contribution < 1.29 is 19.1 Å². The minimum absolute atomic E-state index is 0.0247. The highest BCUT2D eigenvalue weighted by molar-refractivity contribution is 6.04. The second-order valence-corrected chi connectivity index (χ2v) is 7.71. The number of fused-ring (bicyclic) bond motifs is 1. The van der Waals surface area contributed by atoms with Crippen LogP contribution in [0, 0.1) is 11.2 Å². The Labute approximate surface area is 171 Å². The molecule has 0 saturated carbocycles. The molecule has 0 aliphatic heterocycles. The topological polar surface area (TPSA) is 90.3 Å². The van der Waals surface area contributed by atoms with Gasteiger partial charge in [0.15, 0.2) is 0 Å². The van der Waals surface area contributed by atoms with E-state index in [1.165, 1.54) is 37.8 Å². The van der Waals surface area contributed by atoms with Crippen LogP contribution in [0.15, 0.2) is 24.3 Å². The third kappa shape index (κ3) is 7.44. The van der Waals surface area contributed by atoms with Gasteiger partial charge >= 0.3 is 5.97 Å². The van der Waals surface area contributed by atoms with Gasteiger partial charge in [0.05, 0.1) is 0 Å². The van der Waals surface area contributed by atoms with Gasteiger partial charge in [-0.15, -0.1) is 0 Å². The zero-order valence-electron chi connectivity index (χ0n) is 17.1. The first-order valence-corrected chi connectivity index (χ1v) is 10.5. The Hall–Kier alpha value is -2.50. The number of aliphatic carboxylic acids is 1. The van der Waals surface area contributed by atoms with E-state index in [-0.39, 0.29) is 12.3 Å². The first-order chi connectivity index (χ1) is 13.9. The zero-order valence-corrected chi connectivity index (χ0v) is 17.1. The summed E-state index contributed by atoms with van der Waals surface area (Å²) in [6, 6.07) is 3.24. The van der Waals surface area contributed by atoms with Gasteiger partial charge in [-0.2, -0.15) is 0 Å². The van der Waals surface area contributed by atoms with Gasteiger partial charge < -0.3 is 15.8 Å². The Morgan fingerprint density at radius 2 is 1.86 bits per heavy atom. The summed E-state index contributed by atoms with van der Waals surface area (Å²) in [7, 11) is 0. The van der Waals surface area contributed by atoms with Gasteiger partial charge in [0, 0.05) is 25.0 Å². The summed E-state index contributed by atoms with van der Waals surface area (Å²) >= 11 is 0. The van der Waals surface area contributed by atoms with Crippen LogP contribution in [0.1, 0.15) is 75.8 Å². The van der Waals surface area contributed by atoms with Crippen molar-refractivity contribution >= 4 is 23.2 Å². The second kappa shape index (κ2) is 11.5. The van der Waals surface area contributed by atoms with E-state index < -0.39 is 17.8 Å². The molecular weight excluding hydrogens is 371 g/mol. The molecule has 1 aliphatic rings. The van der Waals surface area contributed by atoms with Crippen molar-refractivity contribution in [1.82, 2.24) is 5.32 Å². The molecule has 0 bridgehead atoms. The van der Waals surface area contributed by atoms with Crippen LogP contribution in [0.4, 0.5) is 4.39 Å². The van der Waals surface area contributed by atoms with Gasteiger partial charge in [0.2, 0.25) is 5.91 Å². The number of hydrogen-bond donors (Lipinski definition) is 3. The summed E-state index contributed by atoms with van der Waals surface area (Å²) in [4.78, 5) is 23.9. The largest absolute Gasteiger partial charge is 0.480 e. The van der Waals surface area contributed by atoms with Crippen LogP contribution in [0.5, 0.6) is 0 Å². The van der Waals surface area contributed by atoms with Crippen LogP contribution in [0.3, 0.4) is 0 Å². The monoisotopic (exact) mass is 402 g/mol. The number of benzene rings is 1. The smallest absolute Gasteiger partial charge is 0.326 e. The van der Waals surface area contributed by atoms with Crippen LogP contribution >= 0.6 is 0 Å². The molecule has 1 aliphatic carbocycles. The van der Waals surface area contributed by atoms with Crippen molar-refractivity contribution in [2.75, 3.05) is 0 Å². The lowest BCUT2D eigenvalue weighted by Crippen LogP contribution is -2.41. The maximum absolute atomic E-state index is 13.7. The highest BCUT2D eigenvalue weighted by Gasteiger charge is 2.25. The molecule has 5 nitrogen and oxygen atoms in total. The number of carbonyl (C=O) groups excluding carboxylic acids is 1. The minimum Gasteiger partial charge on any atom is -0.480 e. The number of allylic oxidation sites excluding steroid dienone is 1. The van der Waals surface area contributed by atoms with Crippen LogP contribution in [-0.2, 0) is 16.0 Å². The molecule has 0 heterocycles. The third-order valence-corrected chi connectivity index (χ3v) is 5.21. The summed E-state index contributed by atoms with van der Waals surface area (Å²) in [6.45, 7) is 2.17. The molecule has 1 amide bonds. The van der Waals surface area contributed by atoms with Crippen LogP contribution in [0.2, 0.25) is 0 Å². The molecule has 1 atom stereocenters. The Kier molecular flexibility index (Phi) is 9.03. The van der Waals surface area contributed by atoms with Gasteiger partial charge in [-0.3, -0.25) is 4.79 Å². The number of carbonyl (C=O) groups is 2. The number of halogens is 1. The standard InChI is InChI=1S/C23H31FN2O3/c1-2-3-4-5-6-7-8-9-22(27)26-21(23(28)29)14-17-13-19(25)12-16-10-11-18(24)15-20(16)17/h10-11,13,15,21,25H,2-9,12,14H2,1H3,(H,26,27)(H,28,29)/t21-/m0/s1. The fourth-order valence-corrected chi connectivity index (χ4v) is 3.64. The lowest BCUT2D eigenvalue weighted by Gasteiger charge is -2.22. The van der Waals surface area contributed by atoms with E-state index >= 15 is 0 Å². The average Bonchev–Trinajstić information content (AvgIpc) is 2.67. The number of unbranched alkanes of at least 4 members (excludes halogenated alkanes) is 6. The summed E-state index contributed by atoms with van der Waals surface area (Å²) in [5, 5.41) is 20.1. The van der Waals surface area contributed by atoms with Crippen molar-refractivity contribution in [3.8, 4) is 0 Å². The quantitative estimate of drug-likeness (QED) is 0.435. The Morgan fingerprint density at radius 1 is 1.17 bits per heavy atom. The van der Waals surface area contributed by atoms with Gasteiger partial charge in [0.1, 0.15) is 11.9 Å². The van der Waals surface area contributed by atoms with E-state index in [2.05, 4.69) is 12.2 Å². The summed E-state index contributed by atoms with van der Waals surface area (Å²) in [5.74, 6) is -1.82. The van der Waals surface area contributed by atoms with Gasteiger partial charge in [-0.1, -0.05) is 51.5 Å². The van der Waals surface area contributed by atoms with Gasteiger partial charge in [0.25, 0.3) is 0 Å². The van der Waals surface area contributed by atoms with Crippen molar-refractivity contribution in [2.45, 2.75) is 77.2 Å². The Bertz CT molecular complexity index is 773. The number of carboxylic acids is 1. The van der Waals surface area contributed by atoms with E-state index in [4.69, 9.17) is 5.41 Å². The third-order valence-electron chi connectivity index (χ3n) is 5.21. The van der Waals surface area contributed by atoms with E-state index in [0.29, 0.717) is 29.7 Å². The first kappa shape index (κ1) is 22.8. The zero-order chi connectivity index (χ0) is 21.2. The maximum atomic E-state index is 13.7. The van der Waals surface area contributed by atoms with E-state index in [0.717, 1.165) is 24.8 Å². The normalized spacial score (nSPS) is 14.1. The molecule has 2 rings (SSSR count). The molecule has 29 heavy (non-hydrogen) atoms. The molecule has 0 radical (unpaired) electrons. The molecule has 1 aromatic rings. The van der Waals surface area contributed by atoms with Crippen molar-refractivity contribution in [3.05, 3.63) is 41.2 Å². The lowest BCUT2D eigenvalue weighted by atomic mass is 9.86. The minimum atomic E-state index is -1.13. The summed E-state index contributed by atoms with van der Waals surface area (Å²) in [5.41, 5.74) is 2.33. The molecule has 6 heteroatoms.